The first kappa shape index (κ1) is 10.2. The Labute approximate surface area is 80.0 Å². The second kappa shape index (κ2) is 3.91. The molecule has 0 heterocycles. The maximum atomic E-state index is 12.8. The molecule has 5 heteroatoms. The van der Waals surface area contributed by atoms with Gasteiger partial charge in [-0.1, -0.05) is 15.9 Å². The fourth-order valence-corrected chi connectivity index (χ4v) is 1.07. The smallest absolute Gasteiger partial charge is 0.169 e. The van der Waals surface area contributed by atoms with Gasteiger partial charge >= 0.3 is 0 Å². The second-order valence-electron chi connectivity index (χ2n) is 2.17. The van der Waals surface area contributed by atoms with Crippen LogP contribution in [-0.4, -0.2) is 0 Å². The van der Waals surface area contributed by atoms with Gasteiger partial charge in [0.2, 0.25) is 0 Å². The summed E-state index contributed by atoms with van der Waals surface area (Å²) >= 11 is 2.74. The van der Waals surface area contributed by atoms with Crippen molar-refractivity contribution < 1.29 is 17.6 Å². The first-order valence-electron chi connectivity index (χ1n) is 3.17. The normalized spacial score (nSPS) is 11.2. The van der Waals surface area contributed by atoms with Crippen LogP contribution in [0.4, 0.5) is 17.6 Å². The van der Waals surface area contributed by atoms with Crippen LogP contribution in [0.3, 0.4) is 0 Å². The van der Waals surface area contributed by atoms with Gasteiger partial charge in [-0.25, -0.2) is 17.6 Å². The van der Waals surface area contributed by atoms with E-state index in [1.165, 1.54) is 0 Å². The van der Waals surface area contributed by atoms with E-state index in [2.05, 4.69) is 15.9 Å². The third-order valence-electron chi connectivity index (χ3n) is 1.38. The molecule has 1 rings (SSSR count). The Morgan fingerprint density at radius 1 is 1.00 bits per heavy atom. The lowest BCUT2D eigenvalue weighted by molar-refractivity contribution is 0.451. The standard InChI is InChI=1S/C8H3BrF4/c9-2-1-4-7(12)5(10)3-6(11)8(4)13/h1-3H. The molecule has 0 bridgehead atoms. The minimum Gasteiger partial charge on any atom is -0.204 e. The van der Waals surface area contributed by atoms with Crippen molar-refractivity contribution in [1.29, 1.82) is 0 Å². The molecule has 70 valence electrons. The van der Waals surface area contributed by atoms with Gasteiger partial charge in [0.25, 0.3) is 0 Å². The van der Waals surface area contributed by atoms with Crippen LogP contribution in [0.2, 0.25) is 0 Å². The summed E-state index contributed by atoms with van der Waals surface area (Å²) in [6.45, 7) is 0. The van der Waals surface area contributed by atoms with Gasteiger partial charge in [-0.2, -0.15) is 0 Å². The van der Waals surface area contributed by atoms with Crippen molar-refractivity contribution in [2.45, 2.75) is 0 Å². The van der Waals surface area contributed by atoms with Gasteiger partial charge in [-0.05, 0) is 11.1 Å². The van der Waals surface area contributed by atoms with Crippen LogP contribution in [0.5, 0.6) is 0 Å². The molecule has 0 atom stereocenters. The minimum atomic E-state index is -1.42. The molecule has 1 aromatic rings. The van der Waals surface area contributed by atoms with Gasteiger partial charge in [0.15, 0.2) is 23.3 Å². The molecule has 0 radical (unpaired) electrons. The van der Waals surface area contributed by atoms with Crippen molar-refractivity contribution in [2.75, 3.05) is 0 Å². The molecule has 13 heavy (non-hydrogen) atoms. The summed E-state index contributed by atoms with van der Waals surface area (Å²) in [5.74, 6) is -5.65. The molecule has 0 aliphatic heterocycles. The van der Waals surface area contributed by atoms with Gasteiger partial charge < -0.3 is 0 Å². The van der Waals surface area contributed by atoms with Crippen molar-refractivity contribution in [2.24, 2.45) is 0 Å². The Kier molecular flexibility index (Phi) is 3.08. The summed E-state index contributed by atoms with van der Waals surface area (Å²) in [5.41, 5.74) is -0.741. The molecule has 0 fully saturated rings. The van der Waals surface area contributed by atoms with Gasteiger partial charge in [0.05, 0.1) is 5.56 Å². The van der Waals surface area contributed by atoms with Crippen LogP contribution in [0, 0.1) is 23.3 Å². The molecule has 1 aromatic carbocycles. The maximum absolute atomic E-state index is 12.8. The van der Waals surface area contributed by atoms with E-state index in [4.69, 9.17) is 0 Å². The lowest BCUT2D eigenvalue weighted by Gasteiger charge is -2.01. The second-order valence-corrected chi connectivity index (χ2v) is 2.70. The van der Waals surface area contributed by atoms with Gasteiger partial charge in [0, 0.05) is 6.07 Å². The number of benzene rings is 1. The summed E-state index contributed by atoms with van der Waals surface area (Å²) in [4.78, 5) is 1.10. The Morgan fingerprint density at radius 3 is 1.85 bits per heavy atom. The lowest BCUT2D eigenvalue weighted by Crippen LogP contribution is -1.97. The summed E-state index contributed by atoms with van der Waals surface area (Å²) in [6, 6.07) is 0.163. The van der Waals surface area contributed by atoms with E-state index in [-0.39, 0.29) is 6.07 Å². The van der Waals surface area contributed by atoms with Gasteiger partial charge in [0.1, 0.15) is 0 Å². The Hall–Kier alpha value is -0.840. The van der Waals surface area contributed by atoms with Gasteiger partial charge in [-0.3, -0.25) is 0 Å². The summed E-state index contributed by atoms with van der Waals surface area (Å²) in [6.07, 6.45) is 0.886. The molecule has 0 saturated heterocycles. The molecule has 0 spiro atoms. The lowest BCUT2D eigenvalue weighted by atomic mass is 10.2. The molecule has 0 N–H and O–H groups in total. The largest absolute Gasteiger partial charge is 0.204 e. The van der Waals surface area contributed by atoms with Crippen LogP contribution in [-0.2, 0) is 0 Å². The van der Waals surface area contributed by atoms with E-state index in [0.717, 1.165) is 11.1 Å². The molecule has 0 saturated carbocycles. The van der Waals surface area contributed by atoms with E-state index >= 15 is 0 Å². The topological polar surface area (TPSA) is 0 Å². The van der Waals surface area contributed by atoms with Crippen LogP contribution in [0.15, 0.2) is 11.1 Å². The predicted molar refractivity (Wildman–Crippen MR) is 44.2 cm³/mol. The fraction of sp³-hybridized carbons (Fsp3) is 0. The molecular formula is C8H3BrF4. The third kappa shape index (κ3) is 1.91. The van der Waals surface area contributed by atoms with E-state index in [9.17, 15) is 17.6 Å². The first-order chi connectivity index (χ1) is 6.07. The highest BCUT2D eigenvalue weighted by Gasteiger charge is 2.16. The summed E-state index contributed by atoms with van der Waals surface area (Å²) < 4.78 is 50.6. The predicted octanol–water partition coefficient (Wildman–Crippen LogP) is 3.61. The number of halogens is 5. The Balaban J connectivity index is 3.46. The molecule has 0 unspecified atom stereocenters. The van der Waals surface area contributed by atoms with E-state index in [1.807, 2.05) is 0 Å². The monoisotopic (exact) mass is 254 g/mol. The number of hydrogen-bond acceptors (Lipinski definition) is 0. The average molecular weight is 255 g/mol. The van der Waals surface area contributed by atoms with Crippen LogP contribution in [0.1, 0.15) is 5.56 Å². The summed E-state index contributed by atoms with van der Waals surface area (Å²) in [7, 11) is 0. The number of hydrogen-bond donors (Lipinski definition) is 0. The van der Waals surface area contributed by atoms with Crippen LogP contribution >= 0.6 is 15.9 Å². The maximum Gasteiger partial charge on any atom is 0.169 e. The van der Waals surface area contributed by atoms with E-state index < -0.39 is 28.8 Å². The van der Waals surface area contributed by atoms with Crippen molar-refractivity contribution in [3.05, 3.63) is 39.9 Å². The van der Waals surface area contributed by atoms with Gasteiger partial charge in [-0.15, -0.1) is 0 Å². The quantitative estimate of drug-likeness (QED) is 0.531. The van der Waals surface area contributed by atoms with Crippen molar-refractivity contribution >= 4 is 22.0 Å². The van der Waals surface area contributed by atoms with Crippen LogP contribution < -0.4 is 0 Å². The van der Waals surface area contributed by atoms with E-state index in [1.54, 1.807) is 0 Å². The zero-order chi connectivity index (χ0) is 10.0. The average Bonchev–Trinajstić information content (AvgIpc) is 2.09. The number of rotatable bonds is 1. The molecule has 0 aliphatic carbocycles. The first-order valence-corrected chi connectivity index (χ1v) is 4.09. The molecule has 0 aliphatic rings. The van der Waals surface area contributed by atoms with Crippen molar-refractivity contribution in [1.82, 2.24) is 0 Å². The fourth-order valence-electron chi connectivity index (χ4n) is 0.801. The summed E-state index contributed by atoms with van der Waals surface area (Å²) in [5, 5.41) is 0. The zero-order valence-electron chi connectivity index (χ0n) is 6.12. The van der Waals surface area contributed by atoms with Crippen LogP contribution in [0.25, 0.3) is 6.08 Å². The molecular weight excluding hydrogens is 252 g/mol. The SMILES string of the molecule is Fc1cc(F)c(F)c(C=CBr)c1F. The molecule has 0 aromatic heterocycles. The molecule has 0 nitrogen and oxygen atoms in total. The Bertz CT molecular complexity index is 333. The Morgan fingerprint density at radius 2 is 1.46 bits per heavy atom. The zero-order valence-corrected chi connectivity index (χ0v) is 7.71. The highest BCUT2D eigenvalue weighted by Crippen LogP contribution is 2.20. The van der Waals surface area contributed by atoms with Crippen molar-refractivity contribution in [3.8, 4) is 0 Å². The molecule has 0 amide bonds. The minimum absolute atomic E-state index is 0.163. The third-order valence-corrected chi connectivity index (χ3v) is 1.64. The van der Waals surface area contributed by atoms with Crippen molar-refractivity contribution in [3.63, 3.8) is 0 Å². The highest BCUT2D eigenvalue weighted by atomic mass is 79.9. The van der Waals surface area contributed by atoms with E-state index in [0.29, 0.717) is 0 Å². The highest BCUT2D eigenvalue weighted by molar-refractivity contribution is 9.11.